The molecule has 5 heteroatoms. The Kier molecular flexibility index (Phi) is 5.49. The fourth-order valence-corrected chi connectivity index (χ4v) is 2.98. The summed E-state index contributed by atoms with van der Waals surface area (Å²) < 4.78 is 5.41. The van der Waals surface area contributed by atoms with E-state index in [9.17, 15) is 4.79 Å². The van der Waals surface area contributed by atoms with Gasteiger partial charge in [-0.1, -0.05) is 6.92 Å². The van der Waals surface area contributed by atoms with Gasteiger partial charge in [-0.25, -0.2) is 4.79 Å². The van der Waals surface area contributed by atoms with E-state index in [2.05, 4.69) is 17.1 Å². The number of rotatable bonds is 4. The number of ether oxygens (including phenoxy) is 1. The summed E-state index contributed by atoms with van der Waals surface area (Å²) in [6.07, 6.45) is 2.47. The number of hydrogen-bond donors (Lipinski definition) is 1. The first-order chi connectivity index (χ1) is 9.83. The van der Waals surface area contributed by atoms with Crippen molar-refractivity contribution in [3.05, 3.63) is 0 Å². The summed E-state index contributed by atoms with van der Waals surface area (Å²) in [5.41, 5.74) is -0.405. The summed E-state index contributed by atoms with van der Waals surface area (Å²) in [6.45, 7) is 13.6. The Balaban J connectivity index is 1.58. The van der Waals surface area contributed by atoms with Crippen molar-refractivity contribution in [3.63, 3.8) is 0 Å². The van der Waals surface area contributed by atoms with Crippen LogP contribution in [0.5, 0.6) is 0 Å². The molecule has 5 nitrogen and oxygen atoms in total. The minimum Gasteiger partial charge on any atom is -0.444 e. The van der Waals surface area contributed by atoms with Gasteiger partial charge >= 0.3 is 6.09 Å². The van der Waals surface area contributed by atoms with E-state index in [1.54, 1.807) is 0 Å². The van der Waals surface area contributed by atoms with Gasteiger partial charge in [-0.3, -0.25) is 4.90 Å². The van der Waals surface area contributed by atoms with Gasteiger partial charge in [0.05, 0.1) is 0 Å². The van der Waals surface area contributed by atoms with Crippen LogP contribution in [0.4, 0.5) is 4.79 Å². The molecule has 2 aliphatic rings. The Morgan fingerprint density at radius 1 is 1.19 bits per heavy atom. The van der Waals surface area contributed by atoms with E-state index in [4.69, 9.17) is 4.74 Å². The lowest BCUT2D eigenvalue weighted by Crippen LogP contribution is -2.52. The van der Waals surface area contributed by atoms with Crippen molar-refractivity contribution >= 4 is 6.09 Å². The predicted molar refractivity (Wildman–Crippen MR) is 84.4 cm³/mol. The summed E-state index contributed by atoms with van der Waals surface area (Å²) in [4.78, 5) is 16.2. The Hall–Kier alpha value is -0.810. The van der Waals surface area contributed by atoms with Crippen molar-refractivity contribution in [2.45, 2.75) is 52.2 Å². The van der Waals surface area contributed by atoms with Crippen molar-refractivity contribution in [1.29, 1.82) is 0 Å². The molecule has 2 rings (SSSR count). The van der Waals surface area contributed by atoms with Crippen LogP contribution < -0.4 is 5.32 Å². The van der Waals surface area contributed by atoms with Gasteiger partial charge in [0.2, 0.25) is 0 Å². The summed E-state index contributed by atoms with van der Waals surface area (Å²) in [7, 11) is 0. The molecule has 0 unspecified atom stereocenters. The van der Waals surface area contributed by atoms with E-state index >= 15 is 0 Å². The Morgan fingerprint density at radius 2 is 1.81 bits per heavy atom. The second kappa shape index (κ2) is 6.97. The molecule has 0 spiro atoms. The van der Waals surface area contributed by atoms with E-state index < -0.39 is 5.60 Å². The molecule has 0 aromatic carbocycles. The first-order valence-electron chi connectivity index (χ1n) is 8.27. The molecule has 1 aliphatic carbocycles. The summed E-state index contributed by atoms with van der Waals surface area (Å²) in [5.74, 6) is 0.903. The minimum absolute atomic E-state index is 0.177. The van der Waals surface area contributed by atoms with Crippen LogP contribution in [-0.4, -0.2) is 66.8 Å². The normalized spacial score (nSPS) is 27.3. The predicted octanol–water partition coefficient (Wildman–Crippen LogP) is 1.93. The van der Waals surface area contributed by atoms with Gasteiger partial charge < -0.3 is 15.0 Å². The third-order valence-corrected chi connectivity index (χ3v) is 4.26. The molecule has 1 saturated heterocycles. The van der Waals surface area contributed by atoms with Crippen LogP contribution in [0.15, 0.2) is 0 Å². The number of hydrogen-bond acceptors (Lipinski definition) is 4. The van der Waals surface area contributed by atoms with E-state index in [1.165, 1.54) is 12.8 Å². The van der Waals surface area contributed by atoms with Crippen LogP contribution in [0, 0.1) is 5.92 Å². The lowest BCUT2D eigenvalue weighted by Gasteiger charge is -2.37. The number of piperazine rings is 1. The molecule has 2 fully saturated rings. The molecule has 1 amide bonds. The highest BCUT2D eigenvalue weighted by Gasteiger charge is 2.27. The Morgan fingerprint density at radius 3 is 2.33 bits per heavy atom. The highest BCUT2D eigenvalue weighted by molar-refractivity contribution is 5.68. The van der Waals surface area contributed by atoms with Gasteiger partial charge in [0.25, 0.3) is 0 Å². The SMILES string of the molecule is CC1CC(NCCN2CCN(C(=O)OC(C)(C)C)CC2)C1. The zero-order valence-corrected chi connectivity index (χ0v) is 14.0. The molecule has 0 bridgehead atoms. The third-order valence-electron chi connectivity index (χ3n) is 4.26. The fourth-order valence-electron chi connectivity index (χ4n) is 2.98. The molecular formula is C16H31N3O2. The first kappa shape index (κ1) is 16.6. The molecule has 1 saturated carbocycles. The van der Waals surface area contributed by atoms with Crippen molar-refractivity contribution < 1.29 is 9.53 Å². The van der Waals surface area contributed by atoms with E-state index in [1.807, 2.05) is 25.7 Å². The average molecular weight is 297 g/mol. The topological polar surface area (TPSA) is 44.8 Å². The zero-order valence-electron chi connectivity index (χ0n) is 14.0. The maximum absolute atomic E-state index is 12.0. The number of carbonyl (C=O) groups is 1. The lowest BCUT2D eigenvalue weighted by molar-refractivity contribution is 0.0145. The Labute approximate surface area is 129 Å². The average Bonchev–Trinajstić information content (AvgIpc) is 2.35. The molecular weight excluding hydrogens is 266 g/mol. The van der Waals surface area contributed by atoms with Gasteiger partial charge in [-0.05, 0) is 39.5 Å². The smallest absolute Gasteiger partial charge is 0.410 e. The van der Waals surface area contributed by atoms with Crippen LogP contribution >= 0.6 is 0 Å². The number of nitrogens with one attached hydrogen (secondary N) is 1. The second-order valence-electron chi connectivity index (χ2n) is 7.54. The van der Waals surface area contributed by atoms with Gasteiger partial charge in [0.15, 0.2) is 0 Å². The molecule has 1 heterocycles. The molecule has 122 valence electrons. The molecule has 1 N–H and O–H groups in total. The summed E-state index contributed by atoms with van der Waals surface area (Å²) in [5, 5.41) is 3.61. The van der Waals surface area contributed by atoms with Crippen LogP contribution in [-0.2, 0) is 4.74 Å². The van der Waals surface area contributed by atoms with Crippen molar-refractivity contribution in [3.8, 4) is 0 Å². The van der Waals surface area contributed by atoms with E-state index in [-0.39, 0.29) is 6.09 Å². The number of amides is 1. The monoisotopic (exact) mass is 297 g/mol. The number of carbonyl (C=O) groups excluding carboxylic acids is 1. The first-order valence-corrected chi connectivity index (χ1v) is 8.27. The van der Waals surface area contributed by atoms with Crippen LogP contribution in [0.1, 0.15) is 40.5 Å². The molecule has 0 aromatic rings. The Bertz CT molecular complexity index is 340. The highest BCUT2D eigenvalue weighted by Crippen LogP contribution is 2.25. The standard InChI is InChI=1S/C16H31N3O2/c1-13-11-14(12-13)17-5-6-18-7-9-19(10-8-18)15(20)21-16(2,3)4/h13-14,17H,5-12H2,1-4H3. The molecule has 1 aliphatic heterocycles. The van der Waals surface area contributed by atoms with Crippen LogP contribution in [0.2, 0.25) is 0 Å². The van der Waals surface area contributed by atoms with E-state index in [0.717, 1.165) is 51.2 Å². The van der Waals surface area contributed by atoms with Gasteiger partial charge in [-0.2, -0.15) is 0 Å². The summed E-state index contributed by atoms with van der Waals surface area (Å²) in [6, 6.07) is 0.739. The second-order valence-corrected chi connectivity index (χ2v) is 7.54. The van der Waals surface area contributed by atoms with Crippen LogP contribution in [0.3, 0.4) is 0 Å². The molecule has 21 heavy (non-hydrogen) atoms. The molecule has 0 radical (unpaired) electrons. The zero-order chi connectivity index (χ0) is 15.5. The quantitative estimate of drug-likeness (QED) is 0.861. The largest absolute Gasteiger partial charge is 0.444 e. The molecule has 0 aromatic heterocycles. The van der Waals surface area contributed by atoms with Crippen molar-refractivity contribution in [1.82, 2.24) is 15.1 Å². The van der Waals surface area contributed by atoms with Gasteiger partial charge in [-0.15, -0.1) is 0 Å². The third kappa shape index (κ3) is 5.47. The van der Waals surface area contributed by atoms with Gasteiger partial charge in [0.1, 0.15) is 5.60 Å². The van der Waals surface area contributed by atoms with Crippen molar-refractivity contribution in [2.24, 2.45) is 5.92 Å². The fraction of sp³-hybridized carbons (Fsp3) is 0.938. The van der Waals surface area contributed by atoms with Gasteiger partial charge in [0, 0.05) is 45.3 Å². The lowest BCUT2D eigenvalue weighted by atomic mass is 9.82. The van der Waals surface area contributed by atoms with Crippen LogP contribution in [0.25, 0.3) is 0 Å². The van der Waals surface area contributed by atoms with E-state index in [0.29, 0.717) is 0 Å². The maximum Gasteiger partial charge on any atom is 0.410 e. The summed E-state index contributed by atoms with van der Waals surface area (Å²) >= 11 is 0. The highest BCUT2D eigenvalue weighted by atomic mass is 16.6. The maximum atomic E-state index is 12.0. The molecule has 0 atom stereocenters. The van der Waals surface area contributed by atoms with Crippen molar-refractivity contribution in [2.75, 3.05) is 39.3 Å². The number of nitrogens with zero attached hydrogens (tertiary/aromatic N) is 2. The minimum atomic E-state index is -0.405.